The summed E-state index contributed by atoms with van der Waals surface area (Å²) in [4.78, 5) is 0. The molecule has 2 aromatic carbocycles. The molecule has 24 heavy (non-hydrogen) atoms. The van der Waals surface area contributed by atoms with Gasteiger partial charge in [-0.25, -0.2) is 0 Å². The van der Waals surface area contributed by atoms with E-state index in [1.807, 2.05) is 48.5 Å². The van der Waals surface area contributed by atoms with Crippen LogP contribution in [0.5, 0.6) is 0 Å². The minimum Gasteiger partial charge on any atom is -0.423 e. The number of hydrogen-bond donors (Lipinski definition) is 4. The van der Waals surface area contributed by atoms with Gasteiger partial charge < -0.3 is 20.1 Å². The molecule has 4 rings (SSSR count). The van der Waals surface area contributed by atoms with Crippen molar-refractivity contribution in [3.63, 3.8) is 0 Å². The van der Waals surface area contributed by atoms with Gasteiger partial charge in [0, 0.05) is 19.0 Å². The molecule has 0 saturated heterocycles. The maximum atomic E-state index is 8.89. The number of rotatable bonds is 2. The zero-order valence-corrected chi connectivity index (χ0v) is 14.2. The summed E-state index contributed by atoms with van der Waals surface area (Å²) in [5, 5.41) is 37.7. The molecule has 0 saturated carbocycles. The lowest BCUT2D eigenvalue weighted by Crippen LogP contribution is -2.26. The lowest BCUT2D eigenvalue weighted by atomic mass is 9.89. The van der Waals surface area contributed by atoms with E-state index in [-0.39, 0.29) is 0 Å². The van der Waals surface area contributed by atoms with Crippen molar-refractivity contribution in [1.29, 1.82) is 0 Å². The van der Waals surface area contributed by atoms with Gasteiger partial charge in [0.15, 0.2) is 0 Å². The van der Waals surface area contributed by atoms with Crippen LogP contribution in [0.4, 0.5) is 0 Å². The molecule has 2 heterocycles. The van der Waals surface area contributed by atoms with Crippen LogP contribution in [-0.4, -0.2) is 34.3 Å². The Balaban J connectivity index is 0.000000141. The van der Waals surface area contributed by atoms with E-state index in [1.165, 1.54) is 22.7 Å². The van der Waals surface area contributed by atoms with Gasteiger partial charge in [-0.1, -0.05) is 36.4 Å². The SMILES string of the molecule is OB(O)c1cc2ccccc2s1.OB(O)c1cc2ccccc2s1. The van der Waals surface area contributed by atoms with Crippen LogP contribution in [0.25, 0.3) is 20.2 Å². The summed E-state index contributed by atoms with van der Waals surface area (Å²) >= 11 is 2.81. The van der Waals surface area contributed by atoms with Crippen molar-refractivity contribution in [3.05, 3.63) is 60.7 Å². The Kier molecular flexibility index (Phi) is 5.35. The fourth-order valence-electron chi connectivity index (χ4n) is 2.26. The summed E-state index contributed by atoms with van der Waals surface area (Å²) in [6.07, 6.45) is 0. The second kappa shape index (κ2) is 7.48. The number of thiophene rings is 2. The first kappa shape index (κ1) is 17.2. The van der Waals surface area contributed by atoms with E-state index >= 15 is 0 Å². The Morgan fingerprint density at radius 3 is 1.29 bits per heavy atom. The van der Waals surface area contributed by atoms with Crippen molar-refractivity contribution in [1.82, 2.24) is 0 Å². The van der Waals surface area contributed by atoms with Gasteiger partial charge in [-0.3, -0.25) is 0 Å². The quantitative estimate of drug-likeness (QED) is 0.407. The molecule has 0 radical (unpaired) electrons. The molecule has 0 aliphatic heterocycles. The minimum atomic E-state index is -1.35. The van der Waals surface area contributed by atoms with Crippen LogP contribution >= 0.6 is 22.7 Å². The first-order chi connectivity index (χ1) is 11.5. The molecule has 0 fully saturated rings. The van der Waals surface area contributed by atoms with Gasteiger partial charge in [0.2, 0.25) is 0 Å². The summed E-state index contributed by atoms with van der Waals surface area (Å²) in [5.41, 5.74) is 0. The fraction of sp³-hybridized carbons (Fsp3) is 0. The van der Waals surface area contributed by atoms with Crippen LogP contribution in [0, 0.1) is 0 Å². The maximum absolute atomic E-state index is 8.89. The van der Waals surface area contributed by atoms with E-state index in [0.29, 0.717) is 9.55 Å². The van der Waals surface area contributed by atoms with Crippen LogP contribution in [0.2, 0.25) is 0 Å². The fourth-order valence-corrected chi connectivity index (χ4v) is 4.13. The van der Waals surface area contributed by atoms with Crippen LogP contribution in [-0.2, 0) is 0 Å². The molecule has 0 aliphatic carbocycles. The van der Waals surface area contributed by atoms with Crippen LogP contribution in [0.15, 0.2) is 60.7 Å². The smallest absolute Gasteiger partial charge is 0.423 e. The van der Waals surface area contributed by atoms with Crippen LogP contribution < -0.4 is 9.55 Å². The highest BCUT2D eigenvalue weighted by atomic mass is 32.1. The molecular weight excluding hydrogens is 342 g/mol. The molecule has 4 aromatic rings. The summed E-state index contributed by atoms with van der Waals surface area (Å²) < 4.78 is 3.36. The van der Waals surface area contributed by atoms with E-state index in [2.05, 4.69) is 0 Å². The van der Waals surface area contributed by atoms with Gasteiger partial charge >= 0.3 is 14.2 Å². The zero-order chi connectivity index (χ0) is 17.1. The number of hydrogen-bond acceptors (Lipinski definition) is 6. The van der Waals surface area contributed by atoms with Gasteiger partial charge in [-0.2, -0.15) is 0 Å². The topological polar surface area (TPSA) is 80.9 Å². The second-order valence-corrected chi connectivity index (χ2v) is 7.35. The van der Waals surface area contributed by atoms with Crippen molar-refractivity contribution in [2.45, 2.75) is 0 Å². The molecule has 0 atom stereocenters. The largest absolute Gasteiger partial charge is 0.499 e. The average Bonchev–Trinajstić information content (AvgIpc) is 3.19. The summed E-state index contributed by atoms with van der Waals surface area (Å²) in [6.45, 7) is 0. The summed E-state index contributed by atoms with van der Waals surface area (Å²) in [7, 11) is -2.69. The molecule has 2 aromatic heterocycles. The van der Waals surface area contributed by atoms with Gasteiger partial charge in [0.1, 0.15) is 0 Å². The Bertz CT molecular complexity index is 805. The van der Waals surface area contributed by atoms with E-state index < -0.39 is 14.2 Å². The third kappa shape index (κ3) is 3.87. The first-order valence-electron chi connectivity index (χ1n) is 7.24. The number of benzene rings is 2. The monoisotopic (exact) mass is 356 g/mol. The van der Waals surface area contributed by atoms with E-state index in [4.69, 9.17) is 20.1 Å². The molecule has 0 unspecified atom stereocenters. The highest BCUT2D eigenvalue weighted by molar-refractivity contribution is 7.28. The third-order valence-electron chi connectivity index (χ3n) is 3.40. The van der Waals surface area contributed by atoms with Crippen molar-refractivity contribution in [2.75, 3.05) is 0 Å². The third-order valence-corrected chi connectivity index (χ3v) is 5.71. The predicted molar refractivity (Wildman–Crippen MR) is 103 cm³/mol. The normalized spacial score (nSPS) is 10.5. The van der Waals surface area contributed by atoms with Crippen LogP contribution in [0.3, 0.4) is 0 Å². The van der Waals surface area contributed by atoms with Gasteiger partial charge in [0.25, 0.3) is 0 Å². The molecular formula is C16H14B2O4S2. The van der Waals surface area contributed by atoms with Gasteiger partial charge in [0.05, 0.1) is 0 Å². The molecule has 4 N–H and O–H groups in total. The van der Waals surface area contributed by atoms with E-state index in [9.17, 15) is 0 Å². The molecule has 120 valence electrons. The molecule has 8 heteroatoms. The van der Waals surface area contributed by atoms with Crippen molar-refractivity contribution >= 4 is 66.6 Å². The lowest BCUT2D eigenvalue weighted by Gasteiger charge is -1.87. The number of fused-ring (bicyclic) bond motifs is 2. The average molecular weight is 356 g/mol. The molecule has 4 nitrogen and oxygen atoms in total. The summed E-state index contributed by atoms with van der Waals surface area (Å²) in [5.74, 6) is 0. The highest BCUT2D eigenvalue weighted by Gasteiger charge is 2.14. The summed E-state index contributed by atoms with van der Waals surface area (Å²) in [6, 6.07) is 19.2. The van der Waals surface area contributed by atoms with Crippen molar-refractivity contribution < 1.29 is 20.1 Å². The zero-order valence-electron chi connectivity index (χ0n) is 12.5. The van der Waals surface area contributed by atoms with Crippen molar-refractivity contribution in [2.24, 2.45) is 0 Å². The van der Waals surface area contributed by atoms with E-state index in [0.717, 1.165) is 20.2 Å². The maximum Gasteiger partial charge on any atom is 0.499 e. The molecule has 0 aliphatic rings. The second-order valence-electron chi connectivity index (χ2n) is 5.12. The van der Waals surface area contributed by atoms with Crippen molar-refractivity contribution in [3.8, 4) is 0 Å². The first-order valence-corrected chi connectivity index (χ1v) is 8.87. The Hall–Kier alpha value is -1.67. The Morgan fingerprint density at radius 1 is 0.583 bits per heavy atom. The molecule has 0 bridgehead atoms. The Labute approximate surface area is 147 Å². The molecule has 0 spiro atoms. The van der Waals surface area contributed by atoms with Gasteiger partial charge in [-0.15, -0.1) is 22.7 Å². The van der Waals surface area contributed by atoms with Crippen LogP contribution in [0.1, 0.15) is 0 Å². The standard InChI is InChI=1S/2C8H7BO2S/c2*10-9(11)8-5-6-3-1-2-4-7(6)12-8/h2*1-5,10-11H. The minimum absolute atomic E-state index is 0.594. The Morgan fingerprint density at radius 2 is 0.958 bits per heavy atom. The molecule has 0 amide bonds. The predicted octanol–water partition coefficient (Wildman–Crippen LogP) is 1.16. The van der Waals surface area contributed by atoms with Gasteiger partial charge in [-0.05, 0) is 35.0 Å². The highest BCUT2D eigenvalue weighted by Crippen LogP contribution is 2.18. The lowest BCUT2D eigenvalue weighted by molar-refractivity contribution is 0.425. The van der Waals surface area contributed by atoms with E-state index in [1.54, 1.807) is 12.1 Å².